The number of hydrogen-bond donors (Lipinski definition) is 0. The highest BCUT2D eigenvalue weighted by molar-refractivity contribution is 7.16. The maximum atomic E-state index is 12.1. The van der Waals surface area contributed by atoms with Crippen LogP contribution in [0.4, 0.5) is 16.8 Å². The van der Waals surface area contributed by atoms with E-state index in [-0.39, 0.29) is 11.8 Å². The number of aryl methyl sites for hydroxylation is 1. The Hall–Kier alpha value is -3.01. The average Bonchev–Trinajstić information content (AvgIpc) is 3.67. The number of carbonyl (C=O) groups excluding carboxylic acids is 1. The zero-order chi connectivity index (χ0) is 30.8. The molecule has 230 valence electrons. The van der Waals surface area contributed by atoms with Crippen molar-refractivity contribution >= 4 is 63.7 Å². The summed E-state index contributed by atoms with van der Waals surface area (Å²) >= 11 is 2.91. The number of fused-ring (bicyclic) bond motifs is 1. The highest BCUT2D eigenvalue weighted by Gasteiger charge is 2.35. The molecule has 0 N–H and O–H groups in total. The molecular weight excluding hydrogens is 605 g/mol. The molecule has 0 bridgehead atoms. The Balaban J connectivity index is 1.46. The van der Waals surface area contributed by atoms with Gasteiger partial charge < -0.3 is 18.9 Å². The zero-order valence-corrected chi connectivity index (χ0v) is 28.3. The van der Waals surface area contributed by atoms with Gasteiger partial charge in [-0.1, -0.05) is 43.1 Å². The monoisotopic (exact) mass is 642 g/mol. The molecule has 0 amide bonds. The number of rotatable bonds is 11. The van der Waals surface area contributed by atoms with E-state index in [0.717, 1.165) is 33.2 Å². The molecule has 5 rings (SSSR count). The molecule has 1 unspecified atom stereocenters. The first-order valence-electron chi connectivity index (χ1n) is 14.1. The SMILES string of the molecule is COC(=O)c1csc(N(CC2COC(C)(C)O2)c2cc(C)c(/N=c3\sc4ccccc4n3COCC[Si](C)(C)C)nn2)n1. The third-order valence-electron chi connectivity index (χ3n) is 6.80. The minimum absolute atomic E-state index is 0.231. The van der Waals surface area contributed by atoms with Crippen LogP contribution in [-0.4, -0.2) is 72.6 Å². The number of aromatic nitrogens is 4. The number of anilines is 2. The second kappa shape index (κ2) is 12.9. The lowest BCUT2D eigenvalue weighted by Gasteiger charge is -2.24. The van der Waals surface area contributed by atoms with E-state index in [1.165, 1.54) is 18.4 Å². The number of benzene rings is 1. The van der Waals surface area contributed by atoms with Crippen molar-refractivity contribution < 1.29 is 23.7 Å². The number of para-hydroxylation sites is 1. The lowest BCUT2D eigenvalue weighted by Crippen LogP contribution is -2.32. The predicted octanol–water partition coefficient (Wildman–Crippen LogP) is 5.88. The summed E-state index contributed by atoms with van der Waals surface area (Å²) in [6, 6.07) is 11.2. The molecule has 1 aliphatic heterocycles. The Kier molecular flexibility index (Phi) is 9.44. The summed E-state index contributed by atoms with van der Waals surface area (Å²) in [7, 11) is 0.136. The number of esters is 1. The van der Waals surface area contributed by atoms with Crippen LogP contribution in [0.3, 0.4) is 0 Å². The maximum absolute atomic E-state index is 12.1. The Labute approximate surface area is 260 Å². The molecule has 4 aromatic rings. The smallest absolute Gasteiger partial charge is 0.357 e. The second-order valence-electron chi connectivity index (χ2n) is 12.0. The van der Waals surface area contributed by atoms with Gasteiger partial charge in [0.15, 0.2) is 33.0 Å². The van der Waals surface area contributed by atoms with Gasteiger partial charge in [0.2, 0.25) is 0 Å². The number of thiazole rings is 2. The van der Waals surface area contributed by atoms with Gasteiger partial charge in [-0.05, 0) is 50.6 Å². The third-order valence-corrected chi connectivity index (χ3v) is 10.4. The number of nitrogens with zero attached hydrogens (tertiary/aromatic N) is 6. The van der Waals surface area contributed by atoms with Crippen molar-refractivity contribution in [3.05, 3.63) is 51.8 Å². The van der Waals surface area contributed by atoms with Crippen LogP contribution in [0.1, 0.15) is 29.9 Å². The van der Waals surface area contributed by atoms with Crippen molar-refractivity contribution in [3.8, 4) is 0 Å². The summed E-state index contributed by atoms with van der Waals surface area (Å²) in [4.78, 5) is 24.2. The Morgan fingerprint density at radius 3 is 2.74 bits per heavy atom. The van der Waals surface area contributed by atoms with Crippen molar-refractivity contribution in [2.24, 2.45) is 4.99 Å². The van der Waals surface area contributed by atoms with E-state index in [9.17, 15) is 4.79 Å². The molecule has 1 aromatic carbocycles. The molecule has 14 heteroatoms. The van der Waals surface area contributed by atoms with Crippen LogP contribution in [0, 0.1) is 6.92 Å². The summed E-state index contributed by atoms with van der Waals surface area (Å²) in [6.45, 7) is 14.7. The Morgan fingerprint density at radius 2 is 2.05 bits per heavy atom. The van der Waals surface area contributed by atoms with Crippen LogP contribution in [0.25, 0.3) is 10.2 Å². The van der Waals surface area contributed by atoms with Crippen LogP contribution in [0.2, 0.25) is 25.7 Å². The van der Waals surface area contributed by atoms with Gasteiger partial charge in [0.05, 0.1) is 30.5 Å². The Bertz CT molecular complexity index is 1660. The first kappa shape index (κ1) is 31.4. The van der Waals surface area contributed by atoms with Crippen LogP contribution in [-0.2, 0) is 25.7 Å². The maximum Gasteiger partial charge on any atom is 0.357 e. The third kappa shape index (κ3) is 7.74. The number of methoxy groups -OCH3 is 1. The standard InChI is InChI=1S/C29H38N6O5S2Si/c1-19-14-24(34(15-20-16-39-29(2,3)40-20)27-30-21(17-41-27)26(36)37-4)32-33-25(19)31-28-35(18-38-12-13-43(5,6)7)22-10-8-9-11-23(22)42-28/h8-11,14,17,20H,12-13,15-16,18H2,1-7H3/b31-28-. The Morgan fingerprint density at radius 1 is 1.26 bits per heavy atom. The highest BCUT2D eigenvalue weighted by Crippen LogP contribution is 2.32. The van der Waals surface area contributed by atoms with E-state index in [2.05, 4.69) is 51.5 Å². The number of ether oxygens (including phenoxy) is 4. The van der Waals surface area contributed by atoms with Gasteiger partial charge in [-0.3, -0.25) is 9.47 Å². The van der Waals surface area contributed by atoms with E-state index < -0.39 is 19.8 Å². The lowest BCUT2D eigenvalue weighted by molar-refractivity contribution is -0.137. The summed E-state index contributed by atoms with van der Waals surface area (Å²) in [5, 5.41) is 11.3. The molecule has 1 aliphatic rings. The molecule has 1 fully saturated rings. The summed E-state index contributed by atoms with van der Waals surface area (Å²) in [5.41, 5.74) is 2.14. The molecule has 11 nitrogen and oxygen atoms in total. The van der Waals surface area contributed by atoms with Gasteiger partial charge in [-0.2, -0.15) is 4.99 Å². The largest absolute Gasteiger partial charge is 0.464 e. The average molecular weight is 643 g/mol. The number of hydrogen-bond acceptors (Lipinski definition) is 12. The van der Waals surface area contributed by atoms with Gasteiger partial charge >= 0.3 is 5.97 Å². The van der Waals surface area contributed by atoms with Crippen LogP contribution in [0.15, 0.2) is 40.7 Å². The van der Waals surface area contributed by atoms with Gasteiger partial charge in [0.25, 0.3) is 0 Å². The summed E-state index contributed by atoms with van der Waals surface area (Å²) in [6.07, 6.45) is -0.231. The van der Waals surface area contributed by atoms with Crippen LogP contribution in [0.5, 0.6) is 0 Å². The van der Waals surface area contributed by atoms with E-state index >= 15 is 0 Å². The molecule has 0 spiro atoms. The fraction of sp³-hybridized carbons (Fsp3) is 0.483. The quantitative estimate of drug-likeness (QED) is 0.112. The molecule has 0 saturated carbocycles. The minimum atomic E-state index is -1.20. The van der Waals surface area contributed by atoms with E-state index in [0.29, 0.717) is 36.6 Å². The highest BCUT2D eigenvalue weighted by atomic mass is 32.1. The summed E-state index contributed by atoms with van der Waals surface area (Å²) in [5.74, 6) is -0.100. The van der Waals surface area contributed by atoms with E-state index in [1.807, 2.05) is 43.9 Å². The minimum Gasteiger partial charge on any atom is -0.464 e. The second-order valence-corrected chi connectivity index (χ2v) is 19.5. The first-order valence-corrected chi connectivity index (χ1v) is 19.5. The van der Waals surface area contributed by atoms with Crippen molar-refractivity contribution in [1.29, 1.82) is 0 Å². The molecule has 3 aromatic heterocycles. The van der Waals surface area contributed by atoms with Gasteiger partial charge in [-0.25, -0.2) is 9.78 Å². The van der Waals surface area contributed by atoms with Crippen molar-refractivity contribution in [2.45, 2.75) is 65.1 Å². The fourth-order valence-electron chi connectivity index (χ4n) is 4.48. The van der Waals surface area contributed by atoms with Crippen LogP contribution >= 0.6 is 22.7 Å². The van der Waals surface area contributed by atoms with Gasteiger partial charge in [-0.15, -0.1) is 21.5 Å². The topological polar surface area (TPSA) is 113 Å². The summed E-state index contributed by atoms with van der Waals surface area (Å²) < 4.78 is 26.0. The molecule has 1 saturated heterocycles. The normalized spacial score (nSPS) is 17.1. The molecule has 4 heterocycles. The molecule has 43 heavy (non-hydrogen) atoms. The predicted molar refractivity (Wildman–Crippen MR) is 171 cm³/mol. The fourth-order valence-corrected chi connectivity index (χ4v) is 7.06. The van der Waals surface area contributed by atoms with Gasteiger partial charge in [0, 0.05) is 20.1 Å². The molecule has 0 aliphatic carbocycles. The van der Waals surface area contributed by atoms with Crippen LogP contribution < -0.4 is 9.70 Å². The van der Waals surface area contributed by atoms with Crippen molar-refractivity contribution in [3.63, 3.8) is 0 Å². The number of carbonyl (C=O) groups is 1. The molecule has 0 radical (unpaired) electrons. The lowest BCUT2D eigenvalue weighted by atomic mass is 10.3. The zero-order valence-electron chi connectivity index (χ0n) is 25.6. The van der Waals surface area contributed by atoms with E-state index in [1.54, 1.807) is 16.7 Å². The first-order chi connectivity index (χ1) is 20.4. The van der Waals surface area contributed by atoms with Crippen molar-refractivity contribution in [2.75, 3.05) is 31.8 Å². The van der Waals surface area contributed by atoms with E-state index in [4.69, 9.17) is 23.9 Å². The molecule has 1 atom stereocenters. The van der Waals surface area contributed by atoms with Gasteiger partial charge in [0.1, 0.15) is 12.8 Å². The van der Waals surface area contributed by atoms with Crippen molar-refractivity contribution in [1.82, 2.24) is 19.7 Å². The molecular formula is C29H38N6O5S2Si.